The number of hydrogen-bond donors (Lipinski definition) is 4. The van der Waals surface area contributed by atoms with Crippen molar-refractivity contribution in [2.75, 3.05) is 40.5 Å². The molecule has 0 spiro atoms. The molecule has 2 atom stereocenters. The Morgan fingerprint density at radius 2 is 0.889 bits per heavy atom. The van der Waals surface area contributed by atoms with Crippen LogP contribution in [0.25, 0.3) is 0 Å². The van der Waals surface area contributed by atoms with Gasteiger partial charge in [0.15, 0.2) is 0 Å². The Balaban J connectivity index is 4.44. The van der Waals surface area contributed by atoms with E-state index in [4.69, 9.17) is 0 Å². The summed E-state index contributed by atoms with van der Waals surface area (Å²) in [6, 6.07) is -2.69. The predicted molar refractivity (Wildman–Crippen MR) is 158 cm³/mol. The zero-order valence-corrected chi connectivity index (χ0v) is 28.7. The summed E-state index contributed by atoms with van der Waals surface area (Å²) in [6.45, 7) is -2.34. The lowest BCUT2D eigenvalue weighted by molar-refractivity contribution is -0.192. The number of hydrogen-bond acceptors (Lipinski definition) is 12. The van der Waals surface area contributed by atoms with Crippen LogP contribution in [-0.4, -0.2) is 113 Å². The summed E-state index contributed by atoms with van der Waals surface area (Å²) < 4.78 is 144. The van der Waals surface area contributed by atoms with E-state index < -0.39 is 111 Å². The van der Waals surface area contributed by atoms with Gasteiger partial charge in [-0.15, -0.1) is 0 Å². The van der Waals surface area contributed by atoms with Crippen LogP contribution in [0.2, 0.25) is 0 Å². The van der Waals surface area contributed by atoms with Crippen LogP contribution >= 0.6 is 0 Å². The van der Waals surface area contributed by atoms with E-state index in [2.05, 4.69) is 44.7 Å². The van der Waals surface area contributed by atoms with Gasteiger partial charge in [0.1, 0.15) is 24.9 Å². The molecule has 16 nitrogen and oxygen atoms in total. The first-order valence-electron chi connectivity index (χ1n) is 15.7. The van der Waals surface area contributed by atoms with Crippen LogP contribution in [0.3, 0.4) is 0 Å². The third kappa shape index (κ3) is 26.1. The number of methoxy groups -OCH3 is 2. The standard InChI is InChI=1S/C28H40F10N4O12/c1-49-19(43)17(41-23(47)52-14-10-26(31,32)16-28(36,37)38)7-4-6-12-40-22(46)53-54-24(48)42-18(20(44)50-2)8-3-5-11-39-21(45)51-13-9-25(29,30)15-27(33,34)35/h17-18H,3-16H2,1-2H3,(H,39,45)(H,40,46)(H,41,47)(H,42,48). The predicted octanol–water partition coefficient (Wildman–Crippen LogP) is 5.19. The van der Waals surface area contributed by atoms with Crippen molar-refractivity contribution < 1.29 is 101 Å². The number of unbranched alkanes of at least 4 members (excludes halogenated alkanes) is 2. The van der Waals surface area contributed by atoms with Gasteiger partial charge < -0.3 is 40.2 Å². The van der Waals surface area contributed by atoms with Gasteiger partial charge in [-0.1, -0.05) is 0 Å². The van der Waals surface area contributed by atoms with Gasteiger partial charge in [-0.2, -0.15) is 26.3 Å². The fourth-order valence-corrected chi connectivity index (χ4v) is 3.97. The van der Waals surface area contributed by atoms with Crippen molar-refractivity contribution in [1.29, 1.82) is 0 Å². The highest BCUT2D eigenvalue weighted by Crippen LogP contribution is 2.34. The lowest BCUT2D eigenvalue weighted by atomic mass is 10.1. The normalized spacial score (nSPS) is 13.0. The molecule has 0 aliphatic rings. The highest BCUT2D eigenvalue weighted by Gasteiger charge is 2.44. The quantitative estimate of drug-likeness (QED) is 0.0279. The van der Waals surface area contributed by atoms with Gasteiger partial charge in [0.05, 0.1) is 27.4 Å². The minimum atomic E-state index is -5.15. The van der Waals surface area contributed by atoms with Crippen LogP contribution in [-0.2, 0) is 38.3 Å². The van der Waals surface area contributed by atoms with Gasteiger partial charge in [0, 0.05) is 25.9 Å². The van der Waals surface area contributed by atoms with E-state index in [0.29, 0.717) is 0 Å². The molecule has 0 saturated carbocycles. The fourth-order valence-electron chi connectivity index (χ4n) is 3.97. The number of ether oxygens (including phenoxy) is 4. The molecule has 314 valence electrons. The maximum atomic E-state index is 13.3. The molecular weight excluding hydrogens is 774 g/mol. The summed E-state index contributed by atoms with van der Waals surface area (Å²) in [5.74, 6) is -10.2. The second kappa shape index (κ2) is 23.9. The van der Waals surface area contributed by atoms with Crippen molar-refractivity contribution in [2.45, 2.75) is 100 Å². The number of rotatable bonds is 22. The van der Waals surface area contributed by atoms with Crippen molar-refractivity contribution in [3.05, 3.63) is 0 Å². The van der Waals surface area contributed by atoms with Crippen LogP contribution in [0.1, 0.15) is 64.2 Å². The van der Waals surface area contributed by atoms with E-state index in [9.17, 15) is 72.7 Å². The van der Waals surface area contributed by atoms with Crippen molar-refractivity contribution in [2.24, 2.45) is 0 Å². The number of nitrogens with one attached hydrogen (secondary N) is 4. The molecule has 0 aromatic heterocycles. The molecule has 4 N–H and O–H groups in total. The zero-order chi connectivity index (χ0) is 41.6. The molecule has 0 rings (SSSR count). The van der Waals surface area contributed by atoms with Crippen molar-refractivity contribution in [3.8, 4) is 0 Å². The van der Waals surface area contributed by atoms with E-state index in [0.717, 1.165) is 14.2 Å². The third-order valence-electron chi connectivity index (χ3n) is 6.45. The Morgan fingerprint density at radius 1 is 0.519 bits per heavy atom. The topological polar surface area (TPSA) is 206 Å². The summed E-state index contributed by atoms with van der Waals surface area (Å²) in [5, 5.41) is 8.40. The van der Waals surface area contributed by atoms with E-state index in [1.54, 1.807) is 0 Å². The summed E-state index contributed by atoms with van der Waals surface area (Å²) >= 11 is 0. The lowest BCUT2D eigenvalue weighted by Crippen LogP contribution is -2.42. The third-order valence-corrected chi connectivity index (χ3v) is 6.45. The first kappa shape index (κ1) is 49.3. The van der Waals surface area contributed by atoms with Crippen molar-refractivity contribution in [3.63, 3.8) is 0 Å². The fraction of sp³-hybridized carbons (Fsp3) is 0.786. The first-order chi connectivity index (χ1) is 24.9. The molecular formula is C28H40F10N4O12. The molecule has 0 fully saturated rings. The molecule has 0 saturated heterocycles. The zero-order valence-electron chi connectivity index (χ0n) is 28.7. The minimum Gasteiger partial charge on any atom is -0.467 e. The Kier molecular flexibility index (Phi) is 21.8. The molecule has 54 heavy (non-hydrogen) atoms. The monoisotopic (exact) mass is 814 g/mol. The molecule has 0 aromatic rings. The molecule has 26 heteroatoms. The van der Waals surface area contributed by atoms with Crippen molar-refractivity contribution in [1.82, 2.24) is 21.3 Å². The van der Waals surface area contributed by atoms with Gasteiger partial charge in [0.2, 0.25) is 0 Å². The number of esters is 2. The number of carbonyl (C=O) groups excluding carboxylic acids is 6. The molecule has 0 aliphatic carbocycles. The Morgan fingerprint density at radius 3 is 1.30 bits per heavy atom. The molecule has 4 amide bonds. The number of amides is 4. The molecule has 0 bridgehead atoms. The number of halogens is 10. The highest BCUT2D eigenvalue weighted by molar-refractivity contribution is 5.82. The number of alkyl halides is 10. The smallest absolute Gasteiger partial charge is 0.451 e. The summed E-state index contributed by atoms with van der Waals surface area (Å²) in [6.07, 6.45) is -22.8. The van der Waals surface area contributed by atoms with Crippen molar-refractivity contribution >= 4 is 36.3 Å². The average Bonchev–Trinajstić information content (AvgIpc) is 3.02. The first-order valence-corrected chi connectivity index (χ1v) is 15.7. The highest BCUT2D eigenvalue weighted by atomic mass is 19.4. The molecule has 0 aliphatic heterocycles. The Labute approximate surface area is 300 Å². The van der Waals surface area contributed by atoms with Gasteiger partial charge >= 0.3 is 48.7 Å². The second-order valence-electron chi connectivity index (χ2n) is 11.1. The SMILES string of the molecule is COC(=O)C(CCCCNC(=O)OOC(=O)NC(CCCCNC(=O)OCCC(F)(F)CC(F)(F)F)C(=O)OC)NC(=O)OCCC(F)(F)CC(F)(F)F. The number of carbonyl (C=O) groups is 6. The maximum Gasteiger partial charge on any atom is 0.451 e. The lowest BCUT2D eigenvalue weighted by Gasteiger charge is -2.19. The van der Waals surface area contributed by atoms with Crippen LogP contribution in [0, 0.1) is 0 Å². The van der Waals surface area contributed by atoms with Crippen LogP contribution in [0.15, 0.2) is 0 Å². The Hall–Kier alpha value is -4.68. The molecule has 0 aromatic carbocycles. The minimum absolute atomic E-state index is 0.104. The largest absolute Gasteiger partial charge is 0.467 e. The van der Waals surface area contributed by atoms with Gasteiger partial charge in [-0.05, 0) is 38.5 Å². The van der Waals surface area contributed by atoms with E-state index >= 15 is 0 Å². The summed E-state index contributed by atoms with van der Waals surface area (Å²) in [5.41, 5.74) is 0. The maximum absolute atomic E-state index is 13.3. The van der Waals surface area contributed by atoms with Gasteiger partial charge in [-0.25, -0.2) is 56.1 Å². The van der Waals surface area contributed by atoms with E-state index in [-0.39, 0.29) is 51.6 Å². The van der Waals surface area contributed by atoms with Gasteiger partial charge in [0.25, 0.3) is 11.8 Å². The van der Waals surface area contributed by atoms with E-state index in [1.807, 2.05) is 5.32 Å². The number of alkyl carbamates (subject to hydrolysis) is 2. The average molecular weight is 815 g/mol. The molecule has 2 unspecified atom stereocenters. The summed E-state index contributed by atoms with van der Waals surface area (Å²) in [7, 11) is 1.96. The van der Waals surface area contributed by atoms with Gasteiger partial charge in [-0.3, -0.25) is 0 Å². The molecule has 0 heterocycles. The molecule has 0 radical (unpaired) electrons. The summed E-state index contributed by atoms with van der Waals surface area (Å²) in [4.78, 5) is 79.6. The second-order valence-corrected chi connectivity index (χ2v) is 11.1. The Bertz CT molecular complexity index is 1210. The van der Waals surface area contributed by atoms with Crippen LogP contribution < -0.4 is 21.3 Å². The van der Waals surface area contributed by atoms with E-state index in [1.165, 1.54) is 0 Å². The van der Waals surface area contributed by atoms with Crippen LogP contribution in [0.5, 0.6) is 0 Å². The van der Waals surface area contributed by atoms with Crippen LogP contribution in [0.4, 0.5) is 63.1 Å².